The molecule has 2 N–H and O–H groups in total. The molecule has 1 aliphatic rings. The first kappa shape index (κ1) is 12.8. The predicted octanol–water partition coefficient (Wildman–Crippen LogP) is 1.97. The van der Waals surface area contributed by atoms with Crippen molar-refractivity contribution >= 4 is 5.91 Å². The van der Waals surface area contributed by atoms with E-state index in [0.29, 0.717) is 5.56 Å². The lowest BCUT2D eigenvalue weighted by atomic mass is 10.1. The zero-order chi connectivity index (χ0) is 13.1. The lowest BCUT2D eigenvalue weighted by Crippen LogP contribution is -2.32. The Morgan fingerprint density at radius 3 is 2.72 bits per heavy atom. The van der Waals surface area contributed by atoms with E-state index in [1.54, 1.807) is 0 Å². The van der Waals surface area contributed by atoms with E-state index in [1.807, 2.05) is 44.2 Å². The number of aryl methyl sites for hydroxylation is 2. The first-order chi connectivity index (χ1) is 8.60. The minimum Gasteiger partial charge on any atom is -0.396 e. The molecule has 0 fully saturated rings. The fourth-order valence-electron chi connectivity index (χ4n) is 2.15. The molecule has 96 valence electrons. The van der Waals surface area contributed by atoms with Gasteiger partial charge < -0.3 is 10.4 Å². The van der Waals surface area contributed by atoms with E-state index in [9.17, 15) is 4.79 Å². The molecule has 0 radical (unpaired) electrons. The Balaban J connectivity index is 2.00. The number of aliphatic hydroxyl groups excluding tert-OH is 1. The van der Waals surface area contributed by atoms with Crippen molar-refractivity contribution in [3.05, 3.63) is 47.0 Å². The highest BCUT2D eigenvalue weighted by Crippen LogP contribution is 2.18. The lowest BCUT2D eigenvalue weighted by molar-refractivity contribution is 0.0941. The van der Waals surface area contributed by atoms with E-state index < -0.39 is 0 Å². The molecule has 0 unspecified atom stereocenters. The van der Waals surface area contributed by atoms with Crippen LogP contribution in [0, 0.1) is 19.8 Å². The van der Waals surface area contributed by atoms with E-state index in [-0.39, 0.29) is 24.5 Å². The highest BCUT2D eigenvalue weighted by molar-refractivity contribution is 5.94. The summed E-state index contributed by atoms with van der Waals surface area (Å²) in [5.74, 6) is 0.126. The van der Waals surface area contributed by atoms with Gasteiger partial charge >= 0.3 is 0 Å². The van der Waals surface area contributed by atoms with Crippen LogP contribution in [0.15, 0.2) is 30.4 Å². The SMILES string of the molecule is Cc1ccc(C(=O)N[C@@H]2C=C[C@H](CO)C2)cc1C. The Morgan fingerprint density at radius 2 is 2.11 bits per heavy atom. The van der Waals surface area contributed by atoms with Gasteiger partial charge in [-0.2, -0.15) is 0 Å². The molecule has 18 heavy (non-hydrogen) atoms. The molecular formula is C15H19NO2. The summed E-state index contributed by atoms with van der Waals surface area (Å²) < 4.78 is 0. The van der Waals surface area contributed by atoms with Gasteiger partial charge in [0.2, 0.25) is 0 Å². The fourth-order valence-corrected chi connectivity index (χ4v) is 2.15. The molecule has 2 atom stereocenters. The second kappa shape index (κ2) is 5.36. The molecular weight excluding hydrogens is 226 g/mol. The molecule has 3 nitrogen and oxygen atoms in total. The van der Waals surface area contributed by atoms with Gasteiger partial charge in [0, 0.05) is 24.1 Å². The average Bonchev–Trinajstić information content (AvgIpc) is 2.80. The number of hydrogen-bond donors (Lipinski definition) is 2. The standard InChI is InChI=1S/C15H19NO2/c1-10-3-5-13(7-11(10)2)15(18)16-14-6-4-12(8-14)9-17/h3-7,12,14,17H,8-9H2,1-2H3,(H,16,18)/t12-,14+/m0/s1. The van der Waals surface area contributed by atoms with Crippen LogP contribution >= 0.6 is 0 Å². The molecule has 3 heteroatoms. The maximum Gasteiger partial charge on any atom is 0.251 e. The average molecular weight is 245 g/mol. The highest BCUT2D eigenvalue weighted by Gasteiger charge is 2.20. The molecule has 0 heterocycles. The van der Waals surface area contributed by atoms with Crippen LogP contribution in [0.2, 0.25) is 0 Å². The van der Waals surface area contributed by atoms with E-state index in [4.69, 9.17) is 5.11 Å². The van der Waals surface area contributed by atoms with Crippen LogP contribution in [0.5, 0.6) is 0 Å². The summed E-state index contributed by atoms with van der Waals surface area (Å²) in [5.41, 5.74) is 3.00. The monoisotopic (exact) mass is 245 g/mol. The molecule has 1 aromatic carbocycles. The summed E-state index contributed by atoms with van der Waals surface area (Å²) in [4.78, 5) is 12.1. The van der Waals surface area contributed by atoms with E-state index in [1.165, 1.54) is 5.56 Å². The minimum absolute atomic E-state index is 0.0382. The van der Waals surface area contributed by atoms with Crippen molar-refractivity contribution in [2.75, 3.05) is 6.61 Å². The zero-order valence-corrected chi connectivity index (χ0v) is 10.8. The van der Waals surface area contributed by atoms with Crippen LogP contribution < -0.4 is 5.32 Å². The number of amides is 1. The van der Waals surface area contributed by atoms with Crippen molar-refractivity contribution in [3.8, 4) is 0 Å². The number of carbonyl (C=O) groups is 1. The number of carbonyl (C=O) groups excluding carboxylic acids is 1. The summed E-state index contributed by atoms with van der Waals surface area (Å²) in [6.07, 6.45) is 4.71. The molecule has 0 saturated heterocycles. The van der Waals surface area contributed by atoms with Gasteiger partial charge in [0.05, 0.1) is 0 Å². The molecule has 1 aliphatic carbocycles. The summed E-state index contributed by atoms with van der Waals surface area (Å²) >= 11 is 0. The predicted molar refractivity (Wildman–Crippen MR) is 71.5 cm³/mol. The second-order valence-corrected chi connectivity index (χ2v) is 4.94. The Labute approximate surface area is 108 Å². The van der Waals surface area contributed by atoms with Gasteiger partial charge in [-0.3, -0.25) is 4.79 Å². The normalized spacial score (nSPS) is 22.2. The molecule has 0 bridgehead atoms. The summed E-state index contributed by atoms with van der Waals surface area (Å²) in [7, 11) is 0. The van der Waals surface area contributed by atoms with Crippen molar-refractivity contribution in [2.45, 2.75) is 26.3 Å². The summed E-state index contributed by atoms with van der Waals surface area (Å²) in [6, 6.07) is 5.76. The summed E-state index contributed by atoms with van der Waals surface area (Å²) in [6.45, 7) is 4.18. The van der Waals surface area contributed by atoms with Crippen LogP contribution in [-0.4, -0.2) is 23.7 Å². The molecule has 1 amide bonds. The Hall–Kier alpha value is -1.61. The maximum absolute atomic E-state index is 12.1. The Kier molecular flexibility index (Phi) is 3.82. The van der Waals surface area contributed by atoms with Crippen molar-refractivity contribution in [1.82, 2.24) is 5.32 Å². The molecule has 0 aliphatic heterocycles. The number of aliphatic hydroxyl groups is 1. The smallest absolute Gasteiger partial charge is 0.251 e. The van der Waals surface area contributed by atoms with E-state index >= 15 is 0 Å². The number of benzene rings is 1. The number of rotatable bonds is 3. The van der Waals surface area contributed by atoms with Gasteiger partial charge in [-0.1, -0.05) is 18.2 Å². The molecule has 0 saturated carbocycles. The minimum atomic E-state index is -0.0497. The van der Waals surface area contributed by atoms with Gasteiger partial charge in [0.1, 0.15) is 0 Å². The zero-order valence-electron chi connectivity index (χ0n) is 10.8. The lowest BCUT2D eigenvalue weighted by Gasteiger charge is -2.13. The second-order valence-electron chi connectivity index (χ2n) is 4.94. The van der Waals surface area contributed by atoms with Crippen molar-refractivity contribution in [2.24, 2.45) is 5.92 Å². The Morgan fingerprint density at radius 1 is 1.33 bits per heavy atom. The van der Waals surface area contributed by atoms with Gasteiger partial charge in [0.25, 0.3) is 5.91 Å². The third-order valence-electron chi connectivity index (χ3n) is 3.49. The topological polar surface area (TPSA) is 49.3 Å². The van der Waals surface area contributed by atoms with Crippen LogP contribution in [0.25, 0.3) is 0 Å². The Bertz CT molecular complexity index is 479. The van der Waals surface area contributed by atoms with E-state index in [0.717, 1.165) is 12.0 Å². The molecule has 0 aromatic heterocycles. The first-order valence-corrected chi connectivity index (χ1v) is 6.27. The van der Waals surface area contributed by atoms with E-state index in [2.05, 4.69) is 5.32 Å². The molecule has 1 aromatic rings. The molecule has 0 spiro atoms. The van der Waals surface area contributed by atoms with Gasteiger partial charge in [0.15, 0.2) is 0 Å². The fraction of sp³-hybridized carbons (Fsp3) is 0.400. The first-order valence-electron chi connectivity index (χ1n) is 6.27. The van der Waals surface area contributed by atoms with Crippen LogP contribution in [0.3, 0.4) is 0 Å². The quantitative estimate of drug-likeness (QED) is 0.800. The maximum atomic E-state index is 12.1. The highest BCUT2D eigenvalue weighted by atomic mass is 16.3. The van der Waals surface area contributed by atoms with Crippen molar-refractivity contribution < 1.29 is 9.90 Å². The van der Waals surface area contributed by atoms with Gasteiger partial charge in [-0.15, -0.1) is 0 Å². The third-order valence-corrected chi connectivity index (χ3v) is 3.49. The van der Waals surface area contributed by atoms with Crippen LogP contribution in [0.4, 0.5) is 0 Å². The largest absolute Gasteiger partial charge is 0.396 e. The number of nitrogens with one attached hydrogen (secondary N) is 1. The van der Waals surface area contributed by atoms with Crippen LogP contribution in [-0.2, 0) is 0 Å². The van der Waals surface area contributed by atoms with Gasteiger partial charge in [-0.25, -0.2) is 0 Å². The van der Waals surface area contributed by atoms with Crippen molar-refractivity contribution in [3.63, 3.8) is 0 Å². The number of hydrogen-bond acceptors (Lipinski definition) is 2. The summed E-state index contributed by atoms with van der Waals surface area (Å²) in [5, 5.41) is 12.0. The van der Waals surface area contributed by atoms with Gasteiger partial charge in [-0.05, 0) is 43.5 Å². The van der Waals surface area contributed by atoms with Crippen LogP contribution in [0.1, 0.15) is 27.9 Å². The van der Waals surface area contributed by atoms with Crippen molar-refractivity contribution in [1.29, 1.82) is 0 Å². The third kappa shape index (κ3) is 2.79. The molecule has 2 rings (SSSR count).